The van der Waals surface area contributed by atoms with E-state index in [1.165, 1.54) is 13.4 Å². The Morgan fingerprint density at radius 2 is 1.74 bits per heavy atom. The lowest BCUT2D eigenvalue weighted by Crippen LogP contribution is -2.15. The number of hydrogen-bond acceptors (Lipinski definition) is 6. The van der Waals surface area contributed by atoms with Crippen LogP contribution in [0.1, 0.15) is 26.4 Å². The number of carbonyl (C=O) groups excluding carboxylic acids is 2. The van der Waals surface area contributed by atoms with Gasteiger partial charge in [-0.15, -0.1) is 0 Å². The molecule has 3 rings (SSSR count). The van der Waals surface area contributed by atoms with Crippen molar-refractivity contribution in [3.63, 3.8) is 0 Å². The number of ether oxygens (including phenoxy) is 1. The zero-order valence-corrected chi connectivity index (χ0v) is 14.7. The summed E-state index contributed by atoms with van der Waals surface area (Å²) in [7, 11) is 1.32. The Balaban J connectivity index is 1.63. The molecular formula is C20H18N4O3. The highest BCUT2D eigenvalue weighted by Crippen LogP contribution is 2.13. The van der Waals surface area contributed by atoms with Crippen molar-refractivity contribution in [3.05, 3.63) is 83.8 Å². The number of nitrogens with zero attached hydrogens (tertiary/aromatic N) is 2. The van der Waals surface area contributed by atoms with Gasteiger partial charge >= 0.3 is 5.97 Å². The number of anilines is 2. The molecule has 0 fully saturated rings. The standard InChI is InChI=1S/C20H18N4O3/c1-27-20(26)15-7-9-16(10-8-15)24-19(25)17-11-18(23-13-22-17)21-12-14-5-3-2-4-6-14/h2-11,13H,12H2,1H3,(H,24,25)(H,21,22,23). The summed E-state index contributed by atoms with van der Waals surface area (Å²) < 4.78 is 4.64. The van der Waals surface area contributed by atoms with Crippen LogP contribution in [-0.2, 0) is 11.3 Å². The van der Waals surface area contributed by atoms with E-state index < -0.39 is 5.97 Å². The zero-order valence-electron chi connectivity index (χ0n) is 14.7. The van der Waals surface area contributed by atoms with Crippen LogP contribution >= 0.6 is 0 Å². The molecule has 7 nitrogen and oxygen atoms in total. The summed E-state index contributed by atoms with van der Waals surface area (Å²) in [6.07, 6.45) is 1.34. The van der Waals surface area contributed by atoms with Crippen LogP contribution in [0.15, 0.2) is 67.0 Å². The maximum atomic E-state index is 12.4. The highest BCUT2D eigenvalue weighted by molar-refractivity contribution is 6.03. The molecule has 0 saturated carbocycles. The molecule has 2 N–H and O–H groups in total. The molecule has 3 aromatic rings. The molecule has 1 heterocycles. The van der Waals surface area contributed by atoms with Crippen molar-refractivity contribution >= 4 is 23.4 Å². The van der Waals surface area contributed by atoms with Gasteiger partial charge in [-0.3, -0.25) is 4.79 Å². The first kappa shape index (κ1) is 18.1. The summed E-state index contributed by atoms with van der Waals surface area (Å²) in [5.74, 6) is -0.246. The summed E-state index contributed by atoms with van der Waals surface area (Å²) in [5, 5.41) is 5.90. The Hall–Kier alpha value is -3.74. The van der Waals surface area contributed by atoms with E-state index in [4.69, 9.17) is 0 Å². The number of methoxy groups -OCH3 is 1. The number of benzene rings is 2. The van der Waals surface area contributed by atoms with E-state index in [9.17, 15) is 9.59 Å². The maximum Gasteiger partial charge on any atom is 0.337 e. The quantitative estimate of drug-likeness (QED) is 0.655. The van der Waals surface area contributed by atoms with Gasteiger partial charge in [0.2, 0.25) is 0 Å². The topological polar surface area (TPSA) is 93.2 Å². The van der Waals surface area contributed by atoms with Crippen LogP contribution in [0.5, 0.6) is 0 Å². The fourth-order valence-electron chi connectivity index (χ4n) is 2.37. The van der Waals surface area contributed by atoms with E-state index in [0.717, 1.165) is 5.56 Å². The Bertz CT molecular complexity index is 927. The molecule has 1 aromatic heterocycles. The second-order valence-corrected chi connectivity index (χ2v) is 5.65. The number of carbonyl (C=O) groups is 2. The van der Waals surface area contributed by atoms with Gasteiger partial charge in [0.25, 0.3) is 5.91 Å². The van der Waals surface area contributed by atoms with E-state index in [1.54, 1.807) is 30.3 Å². The molecule has 0 bridgehead atoms. The monoisotopic (exact) mass is 362 g/mol. The average molecular weight is 362 g/mol. The molecule has 136 valence electrons. The first-order chi connectivity index (χ1) is 13.2. The van der Waals surface area contributed by atoms with Gasteiger partial charge in [-0.25, -0.2) is 14.8 Å². The van der Waals surface area contributed by atoms with Crippen LogP contribution in [0.25, 0.3) is 0 Å². The summed E-state index contributed by atoms with van der Waals surface area (Å²) >= 11 is 0. The minimum Gasteiger partial charge on any atom is -0.465 e. The molecule has 0 aliphatic heterocycles. The third kappa shape index (κ3) is 4.88. The average Bonchev–Trinajstić information content (AvgIpc) is 2.73. The summed E-state index contributed by atoms with van der Waals surface area (Å²) in [5.41, 5.74) is 2.29. The molecule has 0 radical (unpaired) electrons. The fourth-order valence-corrected chi connectivity index (χ4v) is 2.37. The van der Waals surface area contributed by atoms with E-state index in [0.29, 0.717) is 23.6 Å². The Morgan fingerprint density at radius 3 is 2.44 bits per heavy atom. The number of amides is 1. The SMILES string of the molecule is COC(=O)c1ccc(NC(=O)c2cc(NCc3ccccc3)ncn2)cc1. The predicted octanol–water partition coefficient (Wildman–Crippen LogP) is 3.13. The van der Waals surface area contributed by atoms with Gasteiger partial charge in [0.1, 0.15) is 17.8 Å². The highest BCUT2D eigenvalue weighted by Gasteiger charge is 2.10. The van der Waals surface area contributed by atoms with Gasteiger partial charge in [0, 0.05) is 18.3 Å². The van der Waals surface area contributed by atoms with Gasteiger partial charge in [0.15, 0.2) is 0 Å². The lowest BCUT2D eigenvalue weighted by atomic mass is 10.2. The summed E-state index contributed by atoms with van der Waals surface area (Å²) in [4.78, 5) is 32.0. The van der Waals surface area contributed by atoms with Crippen molar-refractivity contribution in [2.24, 2.45) is 0 Å². The van der Waals surface area contributed by atoms with Crippen molar-refractivity contribution < 1.29 is 14.3 Å². The first-order valence-corrected chi connectivity index (χ1v) is 8.25. The predicted molar refractivity (Wildman–Crippen MR) is 102 cm³/mol. The van der Waals surface area contributed by atoms with Gasteiger partial charge in [-0.1, -0.05) is 30.3 Å². The molecule has 7 heteroatoms. The molecule has 0 aliphatic carbocycles. The normalized spacial score (nSPS) is 10.1. The molecule has 0 saturated heterocycles. The van der Waals surface area contributed by atoms with Crippen LogP contribution in [0.4, 0.5) is 11.5 Å². The second-order valence-electron chi connectivity index (χ2n) is 5.65. The van der Waals surface area contributed by atoms with Gasteiger partial charge in [-0.2, -0.15) is 0 Å². The van der Waals surface area contributed by atoms with Crippen LogP contribution in [0.2, 0.25) is 0 Å². The molecule has 27 heavy (non-hydrogen) atoms. The third-order valence-corrected chi connectivity index (χ3v) is 3.78. The Labute approximate surface area is 156 Å². The fraction of sp³-hybridized carbons (Fsp3) is 0.100. The molecule has 2 aromatic carbocycles. The highest BCUT2D eigenvalue weighted by atomic mass is 16.5. The number of esters is 1. The van der Waals surface area contributed by atoms with Crippen molar-refractivity contribution in [3.8, 4) is 0 Å². The van der Waals surface area contributed by atoms with Crippen LogP contribution in [0.3, 0.4) is 0 Å². The van der Waals surface area contributed by atoms with Crippen molar-refractivity contribution in [2.75, 3.05) is 17.7 Å². The lowest BCUT2D eigenvalue weighted by molar-refractivity contribution is 0.0600. The van der Waals surface area contributed by atoms with Crippen molar-refractivity contribution in [1.82, 2.24) is 9.97 Å². The number of aromatic nitrogens is 2. The van der Waals surface area contributed by atoms with E-state index in [-0.39, 0.29) is 11.6 Å². The second kappa shape index (κ2) is 8.57. The van der Waals surface area contributed by atoms with Crippen molar-refractivity contribution in [2.45, 2.75) is 6.54 Å². The molecule has 0 spiro atoms. The number of nitrogens with one attached hydrogen (secondary N) is 2. The lowest BCUT2D eigenvalue weighted by Gasteiger charge is -2.08. The van der Waals surface area contributed by atoms with Crippen LogP contribution < -0.4 is 10.6 Å². The molecule has 0 unspecified atom stereocenters. The third-order valence-electron chi connectivity index (χ3n) is 3.78. The first-order valence-electron chi connectivity index (χ1n) is 8.25. The molecule has 1 amide bonds. The number of rotatable bonds is 6. The molecular weight excluding hydrogens is 344 g/mol. The van der Waals surface area contributed by atoms with Crippen LogP contribution in [0, 0.1) is 0 Å². The van der Waals surface area contributed by atoms with E-state index >= 15 is 0 Å². The summed E-state index contributed by atoms with van der Waals surface area (Å²) in [6.45, 7) is 0.591. The Kier molecular flexibility index (Phi) is 5.73. The van der Waals surface area contributed by atoms with Gasteiger partial charge in [0.05, 0.1) is 12.7 Å². The zero-order chi connectivity index (χ0) is 19.1. The van der Waals surface area contributed by atoms with Gasteiger partial charge in [-0.05, 0) is 29.8 Å². The van der Waals surface area contributed by atoms with E-state index in [1.807, 2.05) is 30.3 Å². The smallest absolute Gasteiger partial charge is 0.337 e. The van der Waals surface area contributed by atoms with Crippen molar-refractivity contribution in [1.29, 1.82) is 0 Å². The number of hydrogen-bond donors (Lipinski definition) is 2. The van der Waals surface area contributed by atoms with Gasteiger partial charge < -0.3 is 15.4 Å². The van der Waals surface area contributed by atoms with E-state index in [2.05, 4.69) is 25.3 Å². The minimum absolute atomic E-state index is 0.234. The summed E-state index contributed by atoms with van der Waals surface area (Å²) in [6, 6.07) is 17.9. The van der Waals surface area contributed by atoms with Crippen LogP contribution in [-0.4, -0.2) is 29.0 Å². The maximum absolute atomic E-state index is 12.4. The Morgan fingerprint density at radius 1 is 1.00 bits per heavy atom. The molecule has 0 atom stereocenters. The minimum atomic E-state index is -0.433. The molecule has 0 aliphatic rings. The largest absolute Gasteiger partial charge is 0.465 e.